The number of aliphatic hydroxyl groups is 1. The van der Waals surface area contributed by atoms with Crippen LogP contribution >= 0.6 is 11.8 Å². The lowest BCUT2D eigenvalue weighted by atomic mass is 10.1. The molecule has 1 rings (SSSR count). The second-order valence-corrected chi connectivity index (χ2v) is 7.29. The van der Waals surface area contributed by atoms with Gasteiger partial charge >= 0.3 is 6.09 Å². The van der Waals surface area contributed by atoms with Crippen LogP contribution in [0, 0.1) is 0 Å². The van der Waals surface area contributed by atoms with Gasteiger partial charge in [-0.1, -0.05) is 11.8 Å². The van der Waals surface area contributed by atoms with Crippen LogP contribution in [-0.2, 0) is 4.74 Å². The van der Waals surface area contributed by atoms with Crippen LogP contribution in [-0.4, -0.2) is 70.4 Å². The Bertz CT molecular complexity index is 368. The first-order valence-corrected chi connectivity index (χ1v) is 7.52. The van der Waals surface area contributed by atoms with Gasteiger partial charge in [0.2, 0.25) is 0 Å². The molecule has 0 aromatic rings. The van der Waals surface area contributed by atoms with E-state index in [9.17, 15) is 14.7 Å². The van der Waals surface area contributed by atoms with Gasteiger partial charge in [-0.3, -0.25) is 4.79 Å². The monoisotopic (exact) mass is 304 g/mol. The number of likely N-dealkylation sites (tertiary alicyclic amines) is 1. The molecular formula is C13H24N2O4S. The van der Waals surface area contributed by atoms with Crippen LogP contribution in [0.2, 0.25) is 0 Å². The van der Waals surface area contributed by atoms with E-state index in [2.05, 4.69) is 0 Å². The van der Waals surface area contributed by atoms with Crippen molar-refractivity contribution in [3.8, 4) is 0 Å². The Hall–Kier alpha value is -0.950. The van der Waals surface area contributed by atoms with Crippen LogP contribution in [0.1, 0.15) is 27.2 Å². The molecule has 2 amide bonds. The van der Waals surface area contributed by atoms with E-state index >= 15 is 0 Å². The zero-order valence-electron chi connectivity index (χ0n) is 12.8. The molecule has 0 spiro atoms. The van der Waals surface area contributed by atoms with Gasteiger partial charge in [-0.05, 0) is 27.2 Å². The van der Waals surface area contributed by atoms with E-state index in [-0.39, 0.29) is 17.0 Å². The van der Waals surface area contributed by atoms with Crippen molar-refractivity contribution in [1.82, 2.24) is 9.80 Å². The molecule has 0 bridgehead atoms. The van der Waals surface area contributed by atoms with E-state index in [1.165, 1.54) is 9.80 Å². The van der Waals surface area contributed by atoms with Gasteiger partial charge in [0.15, 0.2) is 0 Å². The highest BCUT2D eigenvalue weighted by Crippen LogP contribution is 2.26. The summed E-state index contributed by atoms with van der Waals surface area (Å²) in [6.07, 6.45) is -0.561. The summed E-state index contributed by atoms with van der Waals surface area (Å²) in [6.45, 7) is 6.11. The molecule has 2 atom stereocenters. The van der Waals surface area contributed by atoms with Crippen LogP contribution in [0.3, 0.4) is 0 Å². The normalized spacial score (nSPS) is 23.4. The minimum Gasteiger partial charge on any atom is -0.444 e. The summed E-state index contributed by atoms with van der Waals surface area (Å²) in [5, 5.41) is 9.82. The molecule has 0 saturated carbocycles. The molecule has 6 nitrogen and oxygen atoms in total. The fourth-order valence-electron chi connectivity index (χ4n) is 1.77. The van der Waals surface area contributed by atoms with E-state index in [0.29, 0.717) is 13.0 Å². The van der Waals surface area contributed by atoms with Crippen molar-refractivity contribution in [1.29, 1.82) is 0 Å². The summed E-state index contributed by atoms with van der Waals surface area (Å²) in [5.74, 6) is 0. The summed E-state index contributed by atoms with van der Waals surface area (Å²) in [6, 6.07) is 0. The van der Waals surface area contributed by atoms with Crippen molar-refractivity contribution < 1.29 is 19.4 Å². The van der Waals surface area contributed by atoms with E-state index in [1.807, 2.05) is 0 Å². The lowest BCUT2D eigenvalue weighted by Crippen LogP contribution is -2.49. The first-order chi connectivity index (χ1) is 9.10. The Balaban J connectivity index is 2.51. The average Bonchev–Trinajstić information content (AvgIpc) is 2.29. The first-order valence-electron chi connectivity index (χ1n) is 6.64. The number of ether oxygens (including phenoxy) is 1. The fourth-order valence-corrected chi connectivity index (χ4v) is 2.71. The minimum absolute atomic E-state index is 0.0835. The number of aliphatic hydroxyl groups excluding tert-OH is 1. The van der Waals surface area contributed by atoms with Crippen LogP contribution in [0.15, 0.2) is 0 Å². The molecular weight excluding hydrogens is 280 g/mol. The molecule has 0 aliphatic carbocycles. The predicted octanol–water partition coefficient (Wildman–Crippen LogP) is 1.77. The first kappa shape index (κ1) is 17.1. The second kappa shape index (κ2) is 6.67. The van der Waals surface area contributed by atoms with Crippen molar-refractivity contribution in [3.63, 3.8) is 0 Å². The van der Waals surface area contributed by atoms with Crippen LogP contribution in [0.25, 0.3) is 0 Å². The number of carbonyl (C=O) groups excluding carboxylic acids is 2. The number of thioether (sulfide) groups is 1. The Labute approximate surface area is 124 Å². The molecule has 116 valence electrons. The smallest absolute Gasteiger partial charge is 0.410 e. The third-order valence-corrected chi connectivity index (χ3v) is 4.21. The molecule has 0 aromatic carbocycles. The summed E-state index contributed by atoms with van der Waals surface area (Å²) < 4.78 is 5.27. The van der Waals surface area contributed by atoms with Crippen molar-refractivity contribution in [3.05, 3.63) is 0 Å². The molecule has 20 heavy (non-hydrogen) atoms. The molecule has 1 heterocycles. The van der Waals surface area contributed by atoms with Crippen LogP contribution in [0.4, 0.5) is 9.59 Å². The van der Waals surface area contributed by atoms with Gasteiger partial charge in [0.1, 0.15) is 5.60 Å². The third kappa shape index (κ3) is 5.20. The topological polar surface area (TPSA) is 70.1 Å². The molecule has 1 saturated heterocycles. The van der Waals surface area contributed by atoms with Gasteiger partial charge in [-0.25, -0.2) is 4.79 Å². The molecule has 0 radical (unpaired) electrons. The summed E-state index contributed by atoms with van der Waals surface area (Å²) >= 11 is 1.12. The lowest BCUT2D eigenvalue weighted by molar-refractivity contribution is 0.00542. The average molecular weight is 304 g/mol. The van der Waals surface area contributed by atoms with Crippen molar-refractivity contribution in [2.45, 2.75) is 44.1 Å². The van der Waals surface area contributed by atoms with E-state index in [1.54, 1.807) is 34.9 Å². The van der Waals surface area contributed by atoms with Gasteiger partial charge in [-0.2, -0.15) is 0 Å². The number of piperidine rings is 1. The summed E-state index contributed by atoms with van der Waals surface area (Å²) in [5.41, 5.74) is -0.547. The number of amides is 2. The van der Waals surface area contributed by atoms with Gasteiger partial charge in [0.05, 0.1) is 12.6 Å². The highest BCUT2D eigenvalue weighted by molar-refractivity contribution is 8.14. The molecule has 2 unspecified atom stereocenters. The van der Waals surface area contributed by atoms with Gasteiger partial charge in [-0.15, -0.1) is 0 Å². The Morgan fingerprint density at radius 1 is 1.35 bits per heavy atom. The quantitative estimate of drug-likeness (QED) is 0.799. The van der Waals surface area contributed by atoms with Gasteiger partial charge in [0, 0.05) is 25.9 Å². The summed E-state index contributed by atoms with van der Waals surface area (Å²) in [7, 11) is 3.36. The molecule has 7 heteroatoms. The van der Waals surface area contributed by atoms with E-state index in [4.69, 9.17) is 4.74 Å². The maximum atomic E-state index is 11.9. The maximum absolute atomic E-state index is 11.9. The van der Waals surface area contributed by atoms with E-state index < -0.39 is 17.8 Å². The Morgan fingerprint density at radius 2 is 1.95 bits per heavy atom. The van der Waals surface area contributed by atoms with Crippen LogP contribution in [0.5, 0.6) is 0 Å². The SMILES string of the molecule is CN(C)C(=O)SC1CCN(C(=O)OC(C)(C)C)CC1O. The molecule has 1 N–H and O–H groups in total. The van der Waals surface area contributed by atoms with Gasteiger partial charge in [0.25, 0.3) is 5.24 Å². The number of nitrogens with zero attached hydrogens (tertiary/aromatic N) is 2. The minimum atomic E-state index is -0.717. The van der Waals surface area contributed by atoms with E-state index in [0.717, 1.165) is 11.8 Å². The molecule has 0 aromatic heterocycles. The fraction of sp³-hybridized carbons (Fsp3) is 0.846. The Kier molecular flexibility index (Phi) is 5.70. The van der Waals surface area contributed by atoms with Crippen molar-refractivity contribution in [2.75, 3.05) is 27.2 Å². The standard InChI is InChI=1S/C13H24N2O4S/c1-13(2,3)19-11(17)15-7-6-10(9(16)8-15)20-12(18)14(4)5/h9-10,16H,6-8H2,1-5H3. The highest BCUT2D eigenvalue weighted by Gasteiger charge is 2.34. The molecule has 1 aliphatic heterocycles. The number of hydrogen-bond donors (Lipinski definition) is 1. The molecule has 1 aliphatic rings. The second-order valence-electron chi connectivity index (χ2n) is 6.10. The largest absolute Gasteiger partial charge is 0.444 e. The van der Waals surface area contributed by atoms with Crippen molar-refractivity contribution >= 4 is 23.1 Å². The number of hydrogen-bond acceptors (Lipinski definition) is 5. The predicted molar refractivity (Wildman–Crippen MR) is 78.9 cm³/mol. The van der Waals surface area contributed by atoms with Crippen LogP contribution < -0.4 is 0 Å². The Morgan fingerprint density at radius 3 is 2.40 bits per heavy atom. The third-order valence-electron chi connectivity index (χ3n) is 2.79. The maximum Gasteiger partial charge on any atom is 0.410 e. The zero-order chi connectivity index (χ0) is 15.5. The number of β-amino-alcohol motifs (C(OH)–C–C–N with tert-alkyl or cyclic N) is 1. The van der Waals surface area contributed by atoms with Gasteiger partial charge < -0.3 is 19.6 Å². The van der Waals surface area contributed by atoms with Crippen molar-refractivity contribution in [2.24, 2.45) is 0 Å². The molecule has 1 fully saturated rings. The lowest BCUT2D eigenvalue weighted by Gasteiger charge is -2.36. The highest BCUT2D eigenvalue weighted by atomic mass is 32.2. The zero-order valence-corrected chi connectivity index (χ0v) is 13.6. The number of rotatable bonds is 1. The summed E-state index contributed by atoms with van der Waals surface area (Å²) in [4.78, 5) is 26.5. The number of carbonyl (C=O) groups is 2.